The average molecular weight is 535 g/mol. The maximum Gasteiger partial charge on any atom is 0.435 e. The zero-order valence-corrected chi connectivity index (χ0v) is 20.8. The lowest BCUT2D eigenvalue weighted by Crippen LogP contribution is -2.41. The molecule has 2 aromatic carbocycles. The number of nitrogens with one attached hydrogen (secondary N) is 1. The van der Waals surface area contributed by atoms with E-state index in [4.69, 9.17) is 23.2 Å². The number of rotatable bonds is 4. The van der Waals surface area contributed by atoms with Gasteiger partial charge in [0.25, 0.3) is 5.91 Å². The lowest BCUT2D eigenvalue weighted by Gasteiger charge is -2.34. The van der Waals surface area contributed by atoms with Crippen LogP contribution in [0.1, 0.15) is 42.6 Å². The Kier molecular flexibility index (Phi) is 6.51. The molecule has 1 saturated heterocycles. The Labute approximate surface area is 216 Å². The molecule has 0 spiro atoms. The van der Waals surface area contributed by atoms with Crippen LogP contribution in [0.4, 0.5) is 19.0 Å². The Morgan fingerprint density at radius 1 is 1.11 bits per heavy atom. The first-order valence-corrected chi connectivity index (χ1v) is 12.3. The van der Waals surface area contributed by atoms with Crippen molar-refractivity contribution in [1.29, 1.82) is 0 Å². The molecule has 5 rings (SSSR count). The van der Waals surface area contributed by atoms with Gasteiger partial charge in [0.1, 0.15) is 11.9 Å². The minimum absolute atomic E-state index is 0.0144. The van der Waals surface area contributed by atoms with E-state index in [1.54, 1.807) is 25.1 Å². The van der Waals surface area contributed by atoms with E-state index < -0.39 is 17.9 Å². The van der Waals surface area contributed by atoms with E-state index in [1.165, 1.54) is 4.68 Å². The maximum absolute atomic E-state index is 14.1. The van der Waals surface area contributed by atoms with Gasteiger partial charge in [-0.25, -0.2) is 4.68 Å². The fraction of sp³-hybridized carbons (Fsp3) is 0.308. The number of hydrogen-bond donors (Lipinski definition) is 1. The molecule has 0 aliphatic carbocycles. The highest BCUT2D eigenvalue weighted by Gasteiger charge is 2.42. The molecule has 0 saturated carbocycles. The summed E-state index contributed by atoms with van der Waals surface area (Å²) in [7, 11) is 0. The second-order valence-electron chi connectivity index (χ2n) is 9.08. The molecule has 2 atom stereocenters. The van der Waals surface area contributed by atoms with Gasteiger partial charge in [-0.15, -0.1) is 0 Å². The summed E-state index contributed by atoms with van der Waals surface area (Å²) in [5.41, 5.74) is 1.41. The van der Waals surface area contributed by atoms with E-state index >= 15 is 0 Å². The predicted octanol–water partition coefficient (Wildman–Crippen LogP) is 6.73. The number of hydrogen-bond acceptors (Lipinski definition) is 3. The number of nitrogens with zero attached hydrogens (tertiary/aromatic N) is 3. The lowest BCUT2D eigenvalue weighted by molar-refractivity contribution is -0.141. The molecule has 3 heterocycles. The van der Waals surface area contributed by atoms with Gasteiger partial charge in [0, 0.05) is 24.4 Å². The first kappa shape index (κ1) is 24.7. The van der Waals surface area contributed by atoms with Crippen molar-refractivity contribution in [3.8, 4) is 0 Å². The van der Waals surface area contributed by atoms with Crippen LogP contribution in [0.2, 0.25) is 10.0 Å². The second-order valence-corrected chi connectivity index (χ2v) is 9.90. The summed E-state index contributed by atoms with van der Waals surface area (Å²) in [5, 5.41) is 7.38. The van der Waals surface area contributed by atoms with Crippen molar-refractivity contribution in [1.82, 2.24) is 14.7 Å². The van der Waals surface area contributed by atoms with Crippen molar-refractivity contribution in [3.63, 3.8) is 0 Å². The standard InChI is InChI=1S/C26H23Cl2F3N4O/c1-15-23(25(36)34-11-5-8-18(34)12-16-6-3-2-4-7-16)24(17-9-10-19(27)20(28)13-17)35-22(32-15)14-21(33-35)26(29,30)31/h2-4,6-7,9-10,13-14,18,24,32H,5,8,11-12H2,1H3. The molecule has 2 unspecified atom stereocenters. The van der Waals surface area contributed by atoms with E-state index in [-0.39, 0.29) is 22.8 Å². The monoisotopic (exact) mass is 534 g/mol. The van der Waals surface area contributed by atoms with E-state index in [0.29, 0.717) is 34.8 Å². The molecule has 0 bridgehead atoms. The fourth-order valence-corrected chi connectivity index (χ4v) is 5.34. The quantitative estimate of drug-likeness (QED) is 0.403. The summed E-state index contributed by atoms with van der Waals surface area (Å²) >= 11 is 12.4. The van der Waals surface area contributed by atoms with Crippen LogP contribution in [0.5, 0.6) is 0 Å². The molecule has 1 amide bonds. The smallest absolute Gasteiger partial charge is 0.344 e. The first-order valence-electron chi connectivity index (χ1n) is 11.6. The van der Waals surface area contributed by atoms with Gasteiger partial charge in [-0.05, 0) is 49.4 Å². The molecule has 188 valence electrons. The molecule has 1 fully saturated rings. The molecule has 36 heavy (non-hydrogen) atoms. The van der Waals surface area contributed by atoms with Gasteiger partial charge in [-0.1, -0.05) is 59.6 Å². The summed E-state index contributed by atoms with van der Waals surface area (Å²) in [5.74, 6) is -0.0843. The van der Waals surface area contributed by atoms with Crippen LogP contribution < -0.4 is 5.32 Å². The molecule has 2 aliphatic rings. The Balaban J connectivity index is 1.57. The molecule has 1 aromatic heterocycles. The van der Waals surface area contributed by atoms with Gasteiger partial charge in [0.2, 0.25) is 0 Å². The third-order valence-electron chi connectivity index (χ3n) is 6.71. The van der Waals surface area contributed by atoms with Crippen molar-refractivity contribution in [2.45, 2.75) is 44.4 Å². The summed E-state index contributed by atoms with van der Waals surface area (Å²) in [6, 6.07) is 14.8. The van der Waals surface area contributed by atoms with Gasteiger partial charge >= 0.3 is 6.18 Å². The molecule has 1 N–H and O–H groups in total. The Morgan fingerprint density at radius 3 is 2.56 bits per heavy atom. The highest BCUT2D eigenvalue weighted by atomic mass is 35.5. The zero-order chi connectivity index (χ0) is 25.6. The number of carbonyl (C=O) groups is 1. The Morgan fingerprint density at radius 2 is 1.86 bits per heavy atom. The van der Waals surface area contributed by atoms with Crippen LogP contribution in [0.15, 0.2) is 65.9 Å². The molecular weight excluding hydrogens is 512 g/mol. The van der Waals surface area contributed by atoms with Crippen LogP contribution in [-0.2, 0) is 17.4 Å². The number of alkyl halides is 3. The summed E-state index contributed by atoms with van der Waals surface area (Å²) in [4.78, 5) is 15.9. The number of aromatic nitrogens is 2. The highest BCUT2D eigenvalue weighted by Crippen LogP contribution is 2.41. The highest BCUT2D eigenvalue weighted by molar-refractivity contribution is 6.42. The Bertz CT molecular complexity index is 1340. The number of likely N-dealkylation sites (tertiary alicyclic amines) is 1. The van der Waals surface area contributed by atoms with Crippen LogP contribution in [0.3, 0.4) is 0 Å². The molecular formula is C26H23Cl2F3N4O. The largest absolute Gasteiger partial charge is 0.435 e. The molecule has 5 nitrogen and oxygen atoms in total. The van der Waals surface area contributed by atoms with Crippen molar-refractivity contribution >= 4 is 34.9 Å². The van der Waals surface area contributed by atoms with Crippen molar-refractivity contribution in [3.05, 3.63) is 92.7 Å². The van der Waals surface area contributed by atoms with Crippen molar-refractivity contribution in [2.75, 3.05) is 11.9 Å². The normalized spacial score (nSPS) is 19.9. The molecule has 0 radical (unpaired) electrons. The predicted molar refractivity (Wildman–Crippen MR) is 133 cm³/mol. The van der Waals surface area contributed by atoms with Crippen LogP contribution >= 0.6 is 23.2 Å². The topological polar surface area (TPSA) is 50.2 Å². The number of benzene rings is 2. The summed E-state index contributed by atoms with van der Waals surface area (Å²) in [6.45, 7) is 2.27. The first-order chi connectivity index (χ1) is 17.1. The molecule has 3 aromatic rings. The fourth-order valence-electron chi connectivity index (χ4n) is 5.03. The minimum atomic E-state index is -4.64. The van der Waals surface area contributed by atoms with Gasteiger partial charge in [0.15, 0.2) is 5.69 Å². The maximum atomic E-state index is 14.1. The Hall–Kier alpha value is -2.97. The number of amides is 1. The second kappa shape index (κ2) is 9.48. The van der Waals surface area contributed by atoms with E-state index in [1.807, 2.05) is 35.2 Å². The number of halogens is 5. The van der Waals surface area contributed by atoms with Crippen LogP contribution in [-0.4, -0.2) is 33.2 Å². The van der Waals surface area contributed by atoms with E-state index in [9.17, 15) is 18.0 Å². The van der Waals surface area contributed by atoms with Gasteiger partial charge in [-0.3, -0.25) is 4.79 Å². The number of fused-ring (bicyclic) bond motifs is 1. The summed E-state index contributed by atoms with van der Waals surface area (Å²) in [6.07, 6.45) is -2.23. The average Bonchev–Trinajstić information content (AvgIpc) is 3.47. The third kappa shape index (κ3) is 4.60. The van der Waals surface area contributed by atoms with Crippen LogP contribution in [0.25, 0.3) is 0 Å². The lowest BCUT2D eigenvalue weighted by atomic mass is 9.93. The minimum Gasteiger partial charge on any atom is -0.344 e. The van der Waals surface area contributed by atoms with Gasteiger partial charge < -0.3 is 10.2 Å². The van der Waals surface area contributed by atoms with Crippen molar-refractivity contribution in [2.24, 2.45) is 0 Å². The SMILES string of the molecule is CC1=C(C(=O)N2CCCC2Cc2ccccc2)C(c2ccc(Cl)c(Cl)c2)n2nc(C(F)(F)F)cc2N1. The number of anilines is 1. The van der Waals surface area contributed by atoms with E-state index in [0.717, 1.165) is 24.5 Å². The third-order valence-corrected chi connectivity index (χ3v) is 7.44. The van der Waals surface area contributed by atoms with Gasteiger partial charge in [0.05, 0.1) is 15.6 Å². The van der Waals surface area contributed by atoms with Crippen molar-refractivity contribution < 1.29 is 18.0 Å². The number of allylic oxidation sites excluding steroid dienone is 1. The zero-order valence-electron chi connectivity index (χ0n) is 19.3. The molecule has 2 aliphatic heterocycles. The van der Waals surface area contributed by atoms with Crippen LogP contribution in [0, 0.1) is 0 Å². The summed E-state index contributed by atoms with van der Waals surface area (Å²) < 4.78 is 41.9. The number of carbonyl (C=O) groups excluding carboxylic acids is 1. The van der Waals surface area contributed by atoms with E-state index in [2.05, 4.69) is 10.4 Å². The van der Waals surface area contributed by atoms with Gasteiger partial charge in [-0.2, -0.15) is 18.3 Å². The molecule has 10 heteroatoms.